The first-order valence-corrected chi connectivity index (χ1v) is 6.58. The number of amides is 1. The predicted octanol–water partition coefficient (Wildman–Crippen LogP) is 3.06. The quantitative estimate of drug-likeness (QED) is 0.810. The molecule has 0 aliphatic rings. The Morgan fingerprint density at radius 1 is 1.19 bits per heavy atom. The van der Waals surface area contributed by atoms with E-state index in [9.17, 15) is 14.3 Å². The van der Waals surface area contributed by atoms with Crippen molar-refractivity contribution < 1.29 is 14.3 Å². The van der Waals surface area contributed by atoms with Crippen molar-refractivity contribution in [2.75, 3.05) is 12.4 Å². The molecule has 0 aliphatic carbocycles. The highest BCUT2D eigenvalue weighted by Gasteiger charge is 2.11. The monoisotopic (exact) mass is 288 g/mol. The molecular formula is C16H17FN2O2. The fourth-order valence-electron chi connectivity index (χ4n) is 2.07. The van der Waals surface area contributed by atoms with Gasteiger partial charge >= 0.3 is 0 Å². The Bertz CT molecular complexity index is 641. The number of hydrogen-bond acceptors (Lipinski definition) is 3. The van der Waals surface area contributed by atoms with Gasteiger partial charge in [0, 0.05) is 29.9 Å². The zero-order valence-electron chi connectivity index (χ0n) is 11.9. The maximum Gasteiger partial charge on any atom is 0.251 e. The van der Waals surface area contributed by atoms with E-state index in [0.29, 0.717) is 11.1 Å². The van der Waals surface area contributed by atoms with Gasteiger partial charge in [-0.15, -0.1) is 0 Å². The Labute approximate surface area is 122 Å². The topological polar surface area (TPSA) is 61.4 Å². The average Bonchev–Trinajstić information content (AvgIpc) is 2.47. The molecule has 21 heavy (non-hydrogen) atoms. The summed E-state index contributed by atoms with van der Waals surface area (Å²) >= 11 is 0. The number of phenols is 1. The van der Waals surface area contributed by atoms with Gasteiger partial charge in [0.1, 0.15) is 11.6 Å². The summed E-state index contributed by atoms with van der Waals surface area (Å²) in [5, 5.41) is 15.5. The third-order valence-corrected chi connectivity index (χ3v) is 3.22. The number of rotatable bonds is 4. The molecule has 0 bridgehead atoms. The molecule has 110 valence electrons. The van der Waals surface area contributed by atoms with Gasteiger partial charge in [-0.1, -0.05) is 6.07 Å². The Hall–Kier alpha value is -2.56. The second kappa shape index (κ2) is 6.26. The van der Waals surface area contributed by atoms with E-state index in [0.717, 1.165) is 11.8 Å². The molecular weight excluding hydrogens is 271 g/mol. The minimum absolute atomic E-state index is 0.0861. The zero-order chi connectivity index (χ0) is 15.4. The molecule has 3 N–H and O–H groups in total. The summed E-state index contributed by atoms with van der Waals surface area (Å²) < 4.78 is 13.0. The second-order valence-electron chi connectivity index (χ2n) is 4.73. The van der Waals surface area contributed by atoms with Crippen molar-refractivity contribution in [2.24, 2.45) is 0 Å². The van der Waals surface area contributed by atoms with Crippen LogP contribution in [0.3, 0.4) is 0 Å². The highest BCUT2D eigenvalue weighted by Crippen LogP contribution is 2.27. The summed E-state index contributed by atoms with van der Waals surface area (Å²) in [6.45, 7) is 1.86. The van der Waals surface area contributed by atoms with Crippen molar-refractivity contribution in [1.82, 2.24) is 5.32 Å². The standard InChI is InChI=1S/C16H17FN2O2/c1-10(14-8-5-12(17)9-15(14)20)19-13-6-3-11(4-7-13)16(21)18-2/h3-10,19-20H,1-2H3,(H,18,21). The van der Waals surface area contributed by atoms with Crippen LogP contribution in [-0.4, -0.2) is 18.1 Å². The van der Waals surface area contributed by atoms with Crippen LogP contribution in [0.15, 0.2) is 42.5 Å². The molecule has 2 aromatic rings. The summed E-state index contributed by atoms with van der Waals surface area (Å²) in [7, 11) is 1.58. The third kappa shape index (κ3) is 3.51. The fraction of sp³-hybridized carbons (Fsp3) is 0.188. The van der Waals surface area contributed by atoms with E-state index >= 15 is 0 Å². The van der Waals surface area contributed by atoms with Crippen molar-refractivity contribution >= 4 is 11.6 Å². The minimum Gasteiger partial charge on any atom is -0.507 e. The Balaban J connectivity index is 2.12. The Morgan fingerprint density at radius 2 is 1.86 bits per heavy atom. The first kappa shape index (κ1) is 14.8. The average molecular weight is 288 g/mol. The molecule has 0 radical (unpaired) electrons. The van der Waals surface area contributed by atoms with Gasteiger partial charge in [0.05, 0.1) is 6.04 Å². The van der Waals surface area contributed by atoms with E-state index in [2.05, 4.69) is 10.6 Å². The van der Waals surface area contributed by atoms with Gasteiger partial charge in [0.2, 0.25) is 0 Å². The number of benzene rings is 2. The molecule has 1 atom stereocenters. The van der Waals surface area contributed by atoms with Gasteiger partial charge in [-0.3, -0.25) is 4.79 Å². The number of hydrogen-bond donors (Lipinski definition) is 3. The lowest BCUT2D eigenvalue weighted by molar-refractivity contribution is 0.0963. The van der Waals surface area contributed by atoms with Crippen LogP contribution in [0, 0.1) is 5.82 Å². The number of phenolic OH excluding ortho intramolecular Hbond substituents is 1. The van der Waals surface area contributed by atoms with Gasteiger partial charge in [0.15, 0.2) is 0 Å². The SMILES string of the molecule is CNC(=O)c1ccc(NC(C)c2ccc(F)cc2O)cc1. The second-order valence-corrected chi connectivity index (χ2v) is 4.73. The number of halogens is 1. The molecule has 5 heteroatoms. The molecule has 2 aromatic carbocycles. The van der Waals surface area contributed by atoms with Gasteiger partial charge in [-0.2, -0.15) is 0 Å². The van der Waals surface area contributed by atoms with E-state index in [1.165, 1.54) is 6.07 Å². The molecule has 0 heterocycles. The summed E-state index contributed by atoms with van der Waals surface area (Å²) in [4.78, 5) is 11.4. The summed E-state index contributed by atoms with van der Waals surface area (Å²) in [6, 6.07) is 10.7. The molecule has 0 fully saturated rings. The summed E-state index contributed by atoms with van der Waals surface area (Å²) in [5.41, 5.74) is 1.98. The van der Waals surface area contributed by atoms with Crippen molar-refractivity contribution in [3.63, 3.8) is 0 Å². The zero-order valence-corrected chi connectivity index (χ0v) is 11.9. The highest BCUT2D eigenvalue weighted by molar-refractivity contribution is 5.94. The lowest BCUT2D eigenvalue weighted by atomic mass is 10.1. The number of carbonyl (C=O) groups excluding carboxylic acids is 1. The van der Waals surface area contributed by atoms with Crippen LogP contribution < -0.4 is 10.6 Å². The first-order valence-electron chi connectivity index (χ1n) is 6.58. The highest BCUT2D eigenvalue weighted by atomic mass is 19.1. The van der Waals surface area contributed by atoms with Gasteiger partial charge < -0.3 is 15.7 Å². The summed E-state index contributed by atoms with van der Waals surface area (Å²) in [5.74, 6) is -0.707. The van der Waals surface area contributed by atoms with Crippen LogP contribution in [0.25, 0.3) is 0 Å². The van der Waals surface area contributed by atoms with E-state index in [-0.39, 0.29) is 17.7 Å². The minimum atomic E-state index is -0.474. The molecule has 4 nitrogen and oxygen atoms in total. The maximum atomic E-state index is 13.0. The van der Waals surface area contributed by atoms with E-state index in [1.807, 2.05) is 6.92 Å². The molecule has 2 rings (SSSR count). The van der Waals surface area contributed by atoms with Crippen LogP contribution in [0.4, 0.5) is 10.1 Å². The lowest BCUT2D eigenvalue weighted by Gasteiger charge is -2.17. The van der Waals surface area contributed by atoms with Gasteiger partial charge in [-0.25, -0.2) is 4.39 Å². The van der Waals surface area contributed by atoms with Crippen LogP contribution in [0.2, 0.25) is 0 Å². The molecule has 0 aliphatic heterocycles. The number of carbonyl (C=O) groups is 1. The number of anilines is 1. The van der Waals surface area contributed by atoms with Crippen molar-refractivity contribution in [1.29, 1.82) is 0 Å². The van der Waals surface area contributed by atoms with Crippen molar-refractivity contribution in [3.05, 3.63) is 59.4 Å². The lowest BCUT2D eigenvalue weighted by Crippen LogP contribution is -2.17. The first-order chi connectivity index (χ1) is 10.0. The van der Waals surface area contributed by atoms with Crippen LogP contribution in [0.5, 0.6) is 5.75 Å². The van der Waals surface area contributed by atoms with Crippen LogP contribution >= 0.6 is 0 Å². The third-order valence-electron chi connectivity index (χ3n) is 3.22. The van der Waals surface area contributed by atoms with E-state index in [4.69, 9.17) is 0 Å². The smallest absolute Gasteiger partial charge is 0.251 e. The number of aromatic hydroxyl groups is 1. The number of nitrogens with one attached hydrogen (secondary N) is 2. The predicted molar refractivity (Wildman–Crippen MR) is 79.9 cm³/mol. The van der Waals surface area contributed by atoms with E-state index in [1.54, 1.807) is 37.4 Å². The summed E-state index contributed by atoms with van der Waals surface area (Å²) in [6.07, 6.45) is 0. The van der Waals surface area contributed by atoms with Crippen molar-refractivity contribution in [2.45, 2.75) is 13.0 Å². The van der Waals surface area contributed by atoms with Gasteiger partial charge in [0.25, 0.3) is 5.91 Å². The fourth-order valence-corrected chi connectivity index (χ4v) is 2.07. The molecule has 0 saturated heterocycles. The Kier molecular flexibility index (Phi) is 4.42. The maximum absolute atomic E-state index is 13.0. The molecule has 0 aromatic heterocycles. The van der Waals surface area contributed by atoms with Crippen LogP contribution in [0.1, 0.15) is 28.9 Å². The Morgan fingerprint density at radius 3 is 2.43 bits per heavy atom. The van der Waals surface area contributed by atoms with Crippen LogP contribution in [-0.2, 0) is 0 Å². The molecule has 0 saturated carbocycles. The van der Waals surface area contributed by atoms with E-state index < -0.39 is 5.82 Å². The largest absolute Gasteiger partial charge is 0.507 e. The van der Waals surface area contributed by atoms with Crippen molar-refractivity contribution in [3.8, 4) is 5.75 Å². The van der Waals surface area contributed by atoms with Gasteiger partial charge in [-0.05, 0) is 37.3 Å². The molecule has 1 unspecified atom stereocenters. The molecule has 1 amide bonds. The normalized spacial score (nSPS) is 11.8. The molecule has 0 spiro atoms.